The molecule has 3 N–H and O–H groups in total. The van der Waals surface area contributed by atoms with Gasteiger partial charge in [0, 0.05) is 11.4 Å². The molecule has 28 heavy (non-hydrogen) atoms. The lowest BCUT2D eigenvalue weighted by atomic mass is 9.94. The predicted molar refractivity (Wildman–Crippen MR) is 104 cm³/mol. The maximum Gasteiger partial charge on any atom is 0.255 e. The van der Waals surface area contributed by atoms with Crippen molar-refractivity contribution in [1.29, 1.82) is 0 Å². The number of anilines is 2. The number of hydrogen-bond acceptors (Lipinski definition) is 6. The molecule has 3 aromatic rings. The standard InChI is InChI=1S/C20H19N5O3/c1-12-17(19(27)24-14-6-4-3-5-7-14)18(25-20(23-12)21-11-22-25)13-8-9-16(28-2)15(26)10-13/h3-11,18,26H,1-2H3,(H,24,27)(H,21,22,23)/t18-/m1/s1. The number of allylic oxidation sites excluding steroid dienone is 1. The van der Waals surface area contributed by atoms with Crippen molar-refractivity contribution in [3.05, 3.63) is 71.7 Å². The minimum Gasteiger partial charge on any atom is -0.504 e. The van der Waals surface area contributed by atoms with Crippen molar-refractivity contribution in [1.82, 2.24) is 14.8 Å². The molecule has 0 radical (unpaired) electrons. The number of carbonyl (C=O) groups excluding carboxylic acids is 1. The summed E-state index contributed by atoms with van der Waals surface area (Å²) in [5, 5.41) is 20.6. The molecule has 4 rings (SSSR count). The Morgan fingerprint density at radius 1 is 1.25 bits per heavy atom. The van der Waals surface area contributed by atoms with Gasteiger partial charge in [-0.2, -0.15) is 10.1 Å². The zero-order valence-corrected chi connectivity index (χ0v) is 15.4. The van der Waals surface area contributed by atoms with Gasteiger partial charge in [0.25, 0.3) is 5.91 Å². The first kappa shape index (κ1) is 17.6. The minimum atomic E-state index is -0.556. The number of amides is 1. The Balaban J connectivity index is 1.78. The van der Waals surface area contributed by atoms with Gasteiger partial charge in [-0.25, -0.2) is 4.68 Å². The molecule has 1 aromatic heterocycles. The lowest BCUT2D eigenvalue weighted by Gasteiger charge is -2.29. The third-order valence-electron chi connectivity index (χ3n) is 4.59. The van der Waals surface area contributed by atoms with Gasteiger partial charge in [0.05, 0.1) is 12.7 Å². The van der Waals surface area contributed by atoms with Crippen LogP contribution in [0, 0.1) is 0 Å². The molecule has 0 fully saturated rings. The molecule has 2 heterocycles. The Bertz CT molecular complexity index is 1060. The Morgan fingerprint density at radius 2 is 2.04 bits per heavy atom. The van der Waals surface area contributed by atoms with Crippen molar-refractivity contribution in [2.24, 2.45) is 0 Å². The van der Waals surface area contributed by atoms with Gasteiger partial charge in [-0.15, -0.1) is 0 Å². The molecule has 0 bridgehead atoms. The van der Waals surface area contributed by atoms with Crippen molar-refractivity contribution in [3.63, 3.8) is 0 Å². The van der Waals surface area contributed by atoms with Gasteiger partial charge in [-0.1, -0.05) is 24.3 Å². The van der Waals surface area contributed by atoms with Crippen LogP contribution < -0.4 is 15.4 Å². The Morgan fingerprint density at radius 3 is 2.75 bits per heavy atom. The van der Waals surface area contributed by atoms with E-state index in [0.717, 1.165) is 0 Å². The number of fused-ring (bicyclic) bond motifs is 1. The Kier molecular flexibility index (Phi) is 4.44. The Labute approximate surface area is 161 Å². The summed E-state index contributed by atoms with van der Waals surface area (Å²) >= 11 is 0. The van der Waals surface area contributed by atoms with Crippen LogP contribution in [0.25, 0.3) is 0 Å². The van der Waals surface area contributed by atoms with Gasteiger partial charge < -0.3 is 20.5 Å². The molecule has 0 saturated heterocycles. The SMILES string of the molecule is COc1ccc([C@@H]2C(C(=O)Nc3ccccc3)=C(C)Nc3ncnn32)cc1O. The highest BCUT2D eigenvalue weighted by atomic mass is 16.5. The lowest BCUT2D eigenvalue weighted by Crippen LogP contribution is -2.31. The number of ether oxygens (including phenoxy) is 1. The molecule has 1 amide bonds. The third kappa shape index (κ3) is 3.05. The smallest absolute Gasteiger partial charge is 0.255 e. The van der Waals surface area contributed by atoms with E-state index in [9.17, 15) is 9.90 Å². The molecule has 0 spiro atoms. The van der Waals surface area contributed by atoms with Crippen LogP contribution in [0.2, 0.25) is 0 Å². The molecule has 2 aromatic carbocycles. The number of benzene rings is 2. The van der Waals surface area contributed by atoms with E-state index >= 15 is 0 Å². The largest absolute Gasteiger partial charge is 0.504 e. The van der Waals surface area contributed by atoms with Gasteiger partial charge in [0.1, 0.15) is 12.4 Å². The fraction of sp³-hybridized carbons (Fsp3) is 0.150. The van der Waals surface area contributed by atoms with Crippen LogP contribution in [0.1, 0.15) is 18.5 Å². The van der Waals surface area contributed by atoms with Crippen LogP contribution >= 0.6 is 0 Å². The molecule has 8 heteroatoms. The second-order valence-corrected chi connectivity index (χ2v) is 6.35. The van der Waals surface area contributed by atoms with E-state index in [1.807, 2.05) is 37.3 Å². The van der Waals surface area contributed by atoms with Crippen molar-refractivity contribution in [3.8, 4) is 11.5 Å². The lowest BCUT2D eigenvalue weighted by molar-refractivity contribution is -0.113. The highest BCUT2D eigenvalue weighted by Crippen LogP contribution is 2.38. The average molecular weight is 377 g/mol. The van der Waals surface area contributed by atoms with Gasteiger partial charge in [0.2, 0.25) is 5.95 Å². The van der Waals surface area contributed by atoms with E-state index in [4.69, 9.17) is 4.74 Å². The van der Waals surface area contributed by atoms with Crippen LogP contribution in [0.15, 0.2) is 66.1 Å². The van der Waals surface area contributed by atoms with Crippen LogP contribution in [0.3, 0.4) is 0 Å². The van der Waals surface area contributed by atoms with Crippen molar-refractivity contribution in [2.75, 3.05) is 17.7 Å². The van der Waals surface area contributed by atoms with Crippen LogP contribution in [-0.4, -0.2) is 32.9 Å². The fourth-order valence-corrected chi connectivity index (χ4v) is 3.29. The van der Waals surface area contributed by atoms with Gasteiger partial charge in [0.15, 0.2) is 11.5 Å². The van der Waals surface area contributed by atoms with Gasteiger partial charge >= 0.3 is 0 Å². The summed E-state index contributed by atoms with van der Waals surface area (Å²) in [4.78, 5) is 17.3. The summed E-state index contributed by atoms with van der Waals surface area (Å²) in [5.41, 5.74) is 2.51. The third-order valence-corrected chi connectivity index (χ3v) is 4.59. The molecule has 8 nitrogen and oxygen atoms in total. The number of para-hydroxylation sites is 1. The number of methoxy groups -OCH3 is 1. The normalized spacial score (nSPS) is 15.6. The highest BCUT2D eigenvalue weighted by molar-refractivity contribution is 6.06. The number of hydrogen-bond donors (Lipinski definition) is 3. The monoisotopic (exact) mass is 377 g/mol. The number of nitrogens with one attached hydrogen (secondary N) is 2. The molecule has 0 aliphatic carbocycles. The molecule has 1 atom stereocenters. The quantitative estimate of drug-likeness (QED) is 0.646. The molecule has 1 aliphatic heterocycles. The number of nitrogens with zero attached hydrogens (tertiary/aromatic N) is 3. The van der Waals surface area contributed by atoms with Crippen molar-refractivity contribution >= 4 is 17.5 Å². The summed E-state index contributed by atoms with van der Waals surface area (Å²) < 4.78 is 6.75. The fourth-order valence-electron chi connectivity index (χ4n) is 3.29. The van der Waals surface area contributed by atoms with Crippen LogP contribution in [0.4, 0.5) is 11.6 Å². The zero-order valence-electron chi connectivity index (χ0n) is 15.4. The maximum absolute atomic E-state index is 13.1. The number of phenolic OH excluding ortho intramolecular Hbond substituents is 1. The molecule has 142 valence electrons. The first-order valence-electron chi connectivity index (χ1n) is 8.69. The number of carbonyl (C=O) groups is 1. The van der Waals surface area contributed by atoms with E-state index in [1.165, 1.54) is 13.4 Å². The van der Waals surface area contributed by atoms with E-state index in [0.29, 0.717) is 34.2 Å². The summed E-state index contributed by atoms with van der Waals surface area (Å²) in [7, 11) is 1.48. The molecular formula is C20H19N5O3. The summed E-state index contributed by atoms with van der Waals surface area (Å²) in [5.74, 6) is 0.597. The molecule has 0 saturated carbocycles. The summed E-state index contributed by atoms with van der Waals surface area (Å²) in [6.07, 6.45) is 1.42. The first-order chi connectivity index (χ1) is 13.6. The molecule has 0 unspecified atom stereocenters. The zero-order chi connectivity index (χ0) is 19.7. The van der Waals surface area contributed by atoms with Gasteiger partial charge in [-0.3, -0.25) is 4.79 Å². The number of aromatic nitrogens is 3. The number of aromatic hydroxyl groups is 1. The molecular weight excluding hydrogens is 358 g/mol. The van der Waals surface area contributed by atoms with E-state index in [-0.39, 0.29) is 11.7 Å². The summed E-state index contributed by atoms with van der Waals surface area (Å²) in [6, 6.07) is 13.7. The van der Waals surface area contributed by atoms with Crippen LogP contribution in [-0.2, 0) is 4.79 Å². The maximum atomic E-state index is 13.1. The highest BCUT2D eigenvalue weighted by Gasteiger charge is 2.33. The number of rotatable bonds is 4. The van der Waals surface area contributed by atoms with Crippen molar-refractivity contribution < 1.29 is 14.6 Å². The average Bonchev–Trinajstić information content (AvgIpc) is 3.15. The van der Waals surface area contributed by atoms with Gasteiger partial charge in [-0.05, 0) is 36.8 Å². The minimum absolute atomic E-state index is 0.0133. The second-order valence-electron chi connectivity index (χ2n) is 6.35. The molecule has 1 aliphatic rings. The summed E-state index contributed by atoms with van der Waals surface area (Å²) in [6.45, 7) is 1.81. The van der Waals surface area contributed by atoms with Crippen molar-refractivity contribution in [2.45, 2.75) is 13.0 Å². The second kappa shape index (κ2) is 7.07. The Hall–Kier alpha value is -3.81. The van der Waals surface area contributed by atoms with E-state index < -0.39 is 6.04 Å². The predicted octanol–water partition coefficient (Wildman–Crippen LogP) is 2.92. The topological polar surface area (TPSA) is 101 Å². The van der Waals surface area contributed by atoms with E-state index in [2.05, 4.69) is 20.7 Å². The number of phenols is 1. The van der Waals surface area contributed by atoms with E-state index in [1.54, 1.807) is 22.9 Å². The first-order valence-corrected chi connectivity index (χ1v) is 8.69. The van der Waals surface area contributed by atoms with Crippen LogP contribution in [0.5, 0.6) is 11.5 Å².